The van der Waals surface area contributed by atoms with Gasteiger partial charge in [-0.15, -0.1) is 0 Å². The summed E-state index contributed by atoms with van der Waals surface area (Å²) in [6, 6.07) is 15.3. The largest absolute Gasteiger partial charge is 0.339 e. The Bertz CT molecular complexity index is 1140. The van der Waals surface area contributed by atoms with Crippen LogP contribution >= 0.6 is 0 Å². The second kappa shape index (κ2) is 9.74. The van der Waals surface area contributed by atoms with E-state index in [1.807, 2.05) is 30.3 Å². The molecule has 0 saturated carbocycles. The summed E-state index contributed by atoms with van der Waals surface area (Å²) in [4.78, 5) is 12.4. The average Bonchev–Trinajstić information content (AvgIpc) is 2.78. The molecule has 2 aromatic rings. The van der Waals surface area contributed by atoms with Crippen LogP contribution in [0.25, 0.3) is 11.1 Å². The van der Waals surface area contributed by atoms with E-state index in [1.165, 1.54) is 6.07 Å². The molecule has 0 aliphatic carbocycles. The van der Waals surface area contributed by atoms with Crippen LogP contribution in [0.4, 0.5) is 0 Å². The maximum Gasteiger partial charge on any atom is 0.238 e. The lowest BCUT2D eigenvalue weighted by atomic mass is 9.99. The normalized spacial score (nSPS) is 17.2. The first-order valence-electron chi connectivity index (χ1n) is 10.1. The second-order valence-corrected chi connectivity index (χ2v) is 9.67. The summed E-state index contributed by atoms with van der Waals surface area (Å²) >= 11 is 0. The minimum Gasteiger partial charge on any atom is -0.339 e. The molecule has 1 saturated heterocycles. The van der Waals surface area contributed by atoms with Gasteiger partial charge in [0.1, 0.15) is 12.1 Å². The third-order valence-corrected chi connectivity index (χ3v) is 6.48. The number of rotatable bonds is 6. The first kappa shape index (κ1) is 22.5. The molecule has 0 spiro atoms. The number of nitrogens with one attached hydrogen (secondary N) is 2. The van der Waals surface area contributed by atoms with Crippen molar-refractivity contribution in [2.45, 2.75) is 42.7 Å². The van der Waals surface area contributed by atoms with Crippen LogP contribution in [0.1, 0.15) is 30.4 Å². The van der Waals surface area contributed by atoms with Crippen molar-refractivity contribution < 1.29 is 13.2 Å². The summed E-state index contributed by atoms with van der Waals surface area (Å²) in [7, 11) is -3.48. The van der Waals surface area contributed by atoms with Crippen molar-refractivity contribution in [3.63, 3.8) is 0 Å². The van der Waals surface area contributed by atoms with Crippen molar-refractivity contribution in [1.82, 2.24) is 10.6 Å². The summed E-state index contributed by atoms with van der Waals surface area (Å²) in [5.74, 6) is -0.141. The van der Waals surface area contributed by atoms with E-state index in [-0.39, 0.29) is 22.4 Å². The summed E-state index contributed by atoms with van der Waals surface area (Å²) in [5, 5.41) is 24.7. The molecule has 7 nitrogen and oxygen atoms in total. The monoisotopic (exact) mass is 436 g/mol. The van der Waals surface area contributed by atoms with Gasteiger partial charge in [0.15, 0.2) is 9.84 Å². The zero-order valence-corrected chi connectivity index (χ0v) is 18.1. The number of nitriles is 2. The van der Waals surface area contributed by atoms with Gasteiger partial charge in [0.2, 0.25) is 5.91 Å². The number of amides is 1. The molecule has 3 rings (SSSR count). The van der Waals surface area contributed by atoms with Gasteiger partial charge in [-0.05, 0) is 48.2 Å². The van der Waals surface area contributed by atoms with Crippen molar-refractivity contribution in [2.75, 3.05) is 12.8 Å². The molecule has 8 heteroatoms. The van der Waals surface area contributed by atoms with E-state index in [0.29, 0.717) is 6.42 Å². The quantitative estimate of drug-likeness (QED) is 0.716. The average molecular weight is 437 g/mol. The van der Waals surface area contributed by atoms with Gasteiger partial charge >= 0.3 is 0 Å². The van der Waals surface area contributed by atoms with E-state index in [1.54, 1.807) is 12.1 Å². The lowest BCUT2D eigenvalue weighted by molar-refractivity contribution is -0.124. The predicted molar refractivity (Wildman–Crippen MR) is 117 cm³/mol. The molecule has 1 aliphatic rings. The molecule has 2 aromatic carbocycles. The topological polar surface area (TPSA) is 123 Å². The lowest BCUT2D eigenvalue weighted by Gasteiger charge is -2.23. The number of benzene rings is 2. The number of hydrogen-bond acceptors (Lipinski definition) is 6. The van der Waals surface area contributed by atoms with E-state index < -0.39 is 15.9 Å². The lowest BCUT2D eigenvalue weighted by Crippen LogP contribution is -2.49. The second-order valence-electron chi connectivity index (χ2n) is 7.69. The van der Waals surface area contributed by atoms with E-state index >= 15 is 0 Å². The Hall–Kier alpha value is -3.20. The number of piperidine rings is 1. The Labute approximate surface area is 182 Å². The molecule has 0 radical (unpaired) electrons. The third kappa shape index (κ3) is 5.69. The van der Waals surface area contributed by atoms with Gasteiger partial charge in [0, 0.05) is 12.7 Å². The minimum atomic E-state index is -3.48. The highest BCUT2D eigenvalue weighted by atomic mass is 32.2. The van der Waals surface area contributed by atoms with Crippen LogP contribution in [0.3, 0.4) is 0 Å². The predicted octanol–water partition coefficient (Wildman–Crippen LogP) is 2.32. The van der Waals surface area contributed by atoms with Gasteiger partial charge in [0.05, 0.1) is 22.6 Å². The molecule has 2 N–H and O–H groups in total. The van der Waals surface area contributed by atoms with E-state index in [2.05, 4.69) is 16.7 Å². The fraction of sp³-hybridized carbons (Fsp3) is 0.348. The van der Waals surface area contributed by atoms with Gasteiger partial charge < -0.3 is 10.6 Å². The fourth-order valence-corrected chi connectivity index (χ4v) is 4.49. The van der Waals surface area contributed by atoms with Crippen molar-refractivity contribution in [3.05, 3.63) is 53.6 Å². The summed E-state index contributed by atoms with van der Waals surface area (Å²) in [6.45, 7) is 0.815. The molecular formula is C23H24N4O3S. The maximum atomic E-state index is 12.4. The Balaban J connectivity index is 1.70. The Kier molecular flexibility index (Phi) is 7.06. The highest BCUT2D eigenvalue weighted by Crippen LogP contribution is 2.25. The van der Waals surface area contributed by atoms with Crippen molar-refractivity contribution in [1.29, 1.82) is 10.5 Å². The van der Waals surface area contributed by atoms with Crippen LogP contribution in [-0.4, -0.2) is 39.2 Å². The first-order valence-corrected chi connectivity index (χ1v) is 12.0. The van der Waals surface area contributed by atoms with Crippen LogP contribution in [0.5, 0.6) is 0 Å². The van der Waals surface area contributed by atoms with E-state index in [4.69, 9.17) is 0 Å². The van der Waals surface area contributed by atoms with Crippen molar-refractivity contribution >= 4 is 15.7 Å². The molecule has 2 atom stereocenters. The van der Waals surface area contributed by atoms with Crippen LogP contribution in [0.15, 0.2) is 47.4 Å². The molecule has 160 valence electrons. The van der Waals surface area contributed by atoms with E-state index in [0.717, 1.165) is 48.8 Å². The molecular weight excluding hydrogens is 412 g/mol. The molecule has 1 amide bonds. The van der Waals surface area contributed by atoms with E-state index in [9.17, 15) is 23.7 Å². The minimum absolute atomic E-state index is 0.00966. The SMILES string of the molecule is CS(=O)(=O)c1ccc(-c2ccc(C[C@@H](C#N)NC(=O)[C@@H]3CCCCN3)cc2)cc1C#N. The maximum absolute atomic E-state index is 12.4. The highest BCUT2D eigenvalue weighted by Gasteiger charge is 2.23. The fourth-order valence-electron chi connectivity index (χ4n) is 3.67. The zero-order valence-electron chi connectivity index (χ0n) is 17.3. The highest BCUT2D eigenvalue weighted by molar-refractivity contribution is 7.90. The van der Waals surface area contributed by atoms with Gasteiger partial charge in [-0.1, -0.05) is 36.8 Å². The molecule has 1 heterocycles. The van der Waals surface area contributed by atoms with Gasteiger partial charge in [-0.25, -0.2) is 8.42 Å². The molecule has 0 bridgehead atoms. The molecule has 1 aliphatic heterocycles. The third-order valence-electron chi connectivity index (χ3n) is 5.33. The Morgan fingerprint density at radius 3 is 2.45 bits per heavy atom. The summed E-state index contributed by atoms with van der Waals surface area (Å²) < 4.78 is 23.6. The molecule has 0 aromatic heterocycles. The number of sulfone groups is 1. The molecule has 31 heavy (non-hydrogen) atoms. The van der Waals surface area contributed by atoms with Gasteiger partial charge in [-0.3, -0.25) is 4.79 Å². The summed E-state index contributed by atoms with van der Waals surface area (Å²) in [6.07, 6.45) is 4.30. The van der Waals surface area contributed by atoms with Gasteiger partial charge in [0.25, 0.3) is 0 Å². The zero-order chi connectivity index (χ0) is 22.4. The summed E-state index contributed by atoms with van der Waals surface area (Å²) in [5.41, 5.74) is 2.54. The number of carbonyl (C=O) groups excluding carboxylic acids is 1. The Morgan fingerprint density at radius 2 is 1.87 bits per heavy atom. The van der Waals surface area contributed by atoms with Crippen LogP contribution in [-0.2, 0) is 21.1 Å². The Morgan fingerprint density at radius 1 is 1.16 bits per heavy atom. The smallest absolute Gasteiger partial charge is 0.238 e. The number of nitrogens with zero attached hydrogens (tertiary/aromatic N) is 2. The van der Waals surface area contributed by atoms with Crippen LogP contribution < -0.4 is 10.6 Å². The molecule has 1 fully saturated rings. The molecule has 0 unspecified atom stereocenters. The standard InChI is InChI=1S/C23H24N4O3S/c1-31(29,30)22-10-9-18(13-19(22)14-24)17-7-5-16(6-8-17)12-20(15-25)27-23(28)21-4-2-3-11-26-21/h5-10,13,20-21,26H,2-4,11-12H2,1H3,(H,27,28)/t20-,21-/m0/s1. The van der Waals surface area contributed by atoms with Crippen LogP contribution in [0.2, 0.25) is 0 Å². The van der Waals surface area contributed by atoms with Crippen LogP contribution in [0, 0.1) is 22.7 Å². The number of carbonyl (C=O) groups is 1. The first-order chi connectivity index (χ1) is 14.8. The van der Waals surface area contributed by atoms with Crippen molar-refractivity contribution in [2.24, 2.45) is 0 Å². The van der Waals surface area contributed by atoms with Gasteiger partial charge in [-0.2, -0.15) is 10.5 Å². The van der Waals surface area contributed by atoms with Crippen molar-refractivity contribution in [3.8, 4) is 23.3 Å². The number of hydrogen-bond donors (Lipinski definition) is 2.